The van der Waals surface area contributed by atoms with Crippen molar-refractivity contribution in [3.63, 3.8) is 0 Å². The van der Waals surface area contributed by atoms with Crippen LogP contribution >= 0.6 is 0 Å². The highest BCUT2D eigenvalue weighted by atomic mass is 32.2. The highest BCUT2D eigenvalue weighted by molar-refractivity contribution is 7.89. The Morgan fingerprint density at radius 3 is 2.56 bits per heavy atom. The topological polar surface area (TPSA) is 84.0 Å². The fraction of sp³-hybridized carbons (Fsp3) is 0.556. The lowest BCUT2D eigenvalue weighted by atomic mass is 10.4. The Morgan fingerprint density at radius 2 is 2.00 bits per heavy atom. The second-order valence-electron chi connectivity index (χ2n) is 3.39. The van der Waals surface area contributed by atoms with E-state index in [4.69, 9.17) is 0 Å². The van der Waals surface area contributed by atoms with Gasteiger partial charge in [0.05, 0.1) is 5.75 Å². The molecular formula is C9H16N4O2S. The number of nitrogens with zero attached hydrogens (tertiary/aromatic N) is 2. The SMILES string of the molecule is CNS(=O)(=O)CCNc1cc(C)nc(C)n1. The van der Waals surface area contributed by atoms with Gasteiger partial charge in [-0.05, 0) is 20.9 Å². The first-order valence-electron chi connectivity index (χ1n) is 4.90. The third-order valence-corrected chi connectivity index (χ3v) is 3.32. The molecule has 0 fully saturated rings. The number of aromatic nitrogens is 2. The highest BCUT2D eigenvalue weighted by Gasteiger charge is 2.06. The molecule has 0 atom stereocenters. The molecule has 1 aromatic heterocycles. The molecule has 0 amide bonds. The van der Waals surface area contributed by atoms with Crippen LogP contribution in [0.5, 0.6) is 0 Å². The molecule has 0 aliphatic carbocycles. The largest absolute Gasteiger partial charge is 0.369 e. The summed E-state index contributed by atoms with van der Waals surface area (Å²) < 4.78 is 24.5. The standard InChI is InChI=1S/C9H16N4O2S/c1-7-6-9(13-8(2)12-7)11-4-5-16(14,15)10-3/h6,10H,4-5H2,1-3H3,(H,11,12,13). The number of rotatable bonds is 5. The van der Waals surface area contributed by atoms with Crippen LogP contribution in [-0.2, 0) is 10.0 Å². The van der Waals surface area contributed by atoms with Gasteiger partial charge in [0.15, 0.2) is 0 Å². The Bertz CT molecular complexity index is 438. The third-order valence-electron chi connectivity index (χ3n) is 1.95. The predicted octanol–water partition coefficient (Wildman–Crippen LogP) is 0.0545. The number of hydrogen-bond donors (Lipinski definition) is 2. The van der Waals surface area contributed by atoms with Crippen LogP contribution in [0.2, 0.25) is 0 Å². The van der Waals surface area contributed by atoms with Crippen molar-refractivity contribution in [1.29, 1.82) is 0 Å². The van der Waals surface area contributed by atoms with Crippen LogP contribution in [0, 0.1) is 13.8 Å². The van der Waals surface area contributed by atoms with Crippen LogP contribution in [0.25, 0.3) is 0 Å². The maximum absolute atomic E-state index is 11.1. The van der Waals surface area contributed by atoms with E-state index in [-0.39, 0.29) is 5.75 Å². The van der Waals surface area contributed by atoms with E-state index < -0.39 is 10.0 Å². The lowest BCUT2D eigenvalue weighted by Crippen LogP contribution is -2.26. The van der Waals surface area contributed by atoms with E-state index in [1.165, 1.54) is 7.05 Å². The van der Waals surface area contributed by atoms with Gasteiger partial charge in [0.1, 0.15) is 11.6 Å². The second kappa shape index (κ2) is 5.22. The summed E-state index contributed by atoms with van der Waals surface area (Å²) in [6, 6.07) is 1.78. The van der Waals surface area contributed by atoms with Gasteiger partial charge in [-0.25, -0.2) is 23.1 Å². The fourth-order valence-corrected chi connectivity index (χ4v) is 1.80. The average Bonchev–Trinajstić information content (AvgIpc) is 2.16. The maximum atomic E-state index is 11.1. The molecule has 16 heavy (non-hydrogen) atoms. The quantitative estimate of drug-likeness (QED) is 0.765. The van der Waals surface area contributed by atoms with Gasteiger partial charge in [0, 0.05) is 18.3 Å². The zero-order chi connectivity index (χ0) is 12.2. The Hall–Kier alpha value is -1.21. The van der Waals surface area contributed by atoms with Crippen molar-refractivity contribution >= 4 is 15.8 Å². The third kappa shape index (κ3) is 4.11. The molecule has 6 nitrogen and oxygen atoms in total. The van der Waals surface area contributed by atoms with Crippen molar-refractivity contribution in [2.45, 2.75) is 13.8 Å². The highest BCUT2D eigenvalue weighted by Crippen LogP contribution is 2.04. The van der Waals surface area contributed by atoms with Gasteiger partial charge in [0.2, 0.25) is 10.0 Å². The number of hydrogen-bond acceptors (Lipinski definition) is 5. The van der Waals surface area contributed by atoms with Crippen molar-refractivity contribution in [1.82, 2.24) is 14.7 Å². The Morgan fingerprint density at radius 1 is 1.31 bits per heavy atom. The molecular weight excluding hydrogens is 228 g/mol. The zero-order valence-corrected chi connectivity index (χ0v) is 10.4. The molecule has 1 rings (SSSR count). The summed E-state index contributed by atoms with van der Waals surface area (Å²) in [5.41, 5.74) is 0.853. The van der Waals surface area contributed by atoms with Crippen molar-refractivity contribution < 1.29 is 8.42 Å². The second-order valence-corrected chi connectivity index (χ2v) is 5.44. The van der Waals surface area contributed by atoms with Crippen LogP contribution in [-0.4, -0.2) is 37.7 Å². The minimum Gasteiger partial charge on any atom is -0.369 e. The monoisotopic (exact) mass is 244 g/mol. The van der Waals surface area contributed by atoms with Gasteiger partial charge in [-0.15, -0.1) is 0 Å². The van der Waals surface area contributed by atoms with Crippen LogP contribution < -0.4 is 10.0 Å². The molecule has 0 saturated carbocycles. The van der Waals surface area contributed by atoms with Crippen LogP contribution in [0.15, 0.2) is 6.07 Å². The van der Waals surface area contributed by atoms with Crippen LogP contribution in [0.4, 0.5) is 5.82 Å². The first-order valence-corrected chi connectivity index (χ1v) is 6.55. The molecule has 0 bridgehead atoms. The van der Waals surface area contributed by atoms with Crippen molar-refractivity contribution in [2.24, 2.45) is 0 Å². The van der Waals surface area contributed by atoms with Crippen molar-refractivity contribution in [3.05, 3.63) is 17.6 Å². The van der Waals surface area contributed by atoms with Gasteiger partial charge in [-0.2, -0.15) is 0 Å². The number of anilines is 1. The van der Waals surface area contributed by atoms with Gasteiger partial charge in [-0.1, -0.05) is 0 Å². The van der Waals surface area contributed by atoms with Gasteiger partial charge < -0.3 is 5.32 Å². The van der Waals surface area contributed by atoms with Gasteiger partial charge in [-0.3, -0.25) is 0 Å². The number of aryl methyl sites for hydroxylation is 2. The first-order chi connectivity index (χ1) is 7.43. The first kappa shape index (κ1) is 12.9. The summed E-state index contributed by atoms with van der Waals surface area (Å²) in [6.45, 7) is 3.98. The summed E-state index contributed by atoms with van der Waals surface area (Å²) in [7, 11) is -1.77. The van der Waals surface area contributed by atoms with Crippen molar-refractivity contribution in [3.8, 4) is 0 Å². The smallest absolute Gasteiger partial charge is 0.213 e. The molecule has 7 heteroatoms. The zero-order valence-electron chi connectivity index (χ0n) is 9.61. The fourth-order valence-electron chi connectivity index (χ4n) is 1.22. The van der Waals surface area contributed by atoms with Gasteiger partial charge in [0.25, 0.3) is 0 Å². The van der Waals surface area contributed by atoms with E-state index in [9.17, 15) is 8.42 Å². The summed E-state index contributed by atoms with van der Waals surface area (Å²) in [6.07, 6.45) is 0. The van der Waals surface area contributed by atoms with Crippen LogP contribution in [0.3, 0.4) is 0 Å². The molecule has 0 saturated heterocycles. The molecule has 90 valence electrons. The predicted molar refractivity (Wildman–Crippen MR) is 62.8 cm³/mol. The van der Waals surface area contributed by atoms with Crippen LogP contribution in [0.1, 0.15) is 11.5 Å². The molecule has 0 aliphatic rings. The summed E-state index contributed by atoms with van der Waals surface area (Å²) in [5, 5.41) is 2.95. The normalized spacial score (nSPS) is 11.4. The molecule has 0 aromatic carbocycles. The number of nitrogens with one attached hydrogen (secondary N) is 2. The summed E-state index contributed by atoms with van der Waals surface area (Å²) in [4.78, 5) is 8.27. The Kier molecular flexibility index (Phi) is 4.19. The lowest BCUT2D eigenvalue weighted by molar-refractivity contribution is 0.588. The van der Waals surface area contributed by atoms with E-state index >= 15 is 0 Å². The molecule has 0 aliphatic heterocycles. The average molecular weight is 244 g/mol. The minimum atomic E-state index is -3.17. The maximum Gasteiger partial charge on any atom is 0.213 e. The molecule has 2 N–H and O–H groups in total. The van der Waals surface area contributed by atoms with E-state index in [1.807, 2.05) is 6.92 Å². The van der Waals surface area contributed by atoms with E-state index in [1.54, 1.807) is 13.0 Å². The molecule has 1 aromatic rings. The minimum absolute atomic E-state index is 0.0194. The summed E-state index contributed by atoms with van der Waals surface area (Å²) in [5.74, 6) is 1.33. The number of sulfonamides is 1. The molecule has 0 radical (unpaired) electrons. The molecule has 1 heterocycles. The molecule has 0 spiro atoms. The van der Waals surface area contributed by atoms with Gasteiger partial charge >= 0.3 is 0 Å². The van der Waals surface area contributed by atoms with E-state index in [2.05, 4.69) is 20.0 Å². The Balaban J connectivity index is 2.55. The lowest BCUT2D eigenvalue weighted by Gasteiger charge is -2.07. The van der Waals surface area contributed by atoms with E-state index in [0.29, 0.717) is 18.2 Å². The van der Waals surface area contributed by atoms with E-state index in [0.717, 1.165) is 5.69 Å². The summed E-state index contributed by atoms with van der Waals surface area (Å²) >= 11 is 0. The molecule has 0 unspecified atom stereocenters. The Labute approximate surface area is 95.6 Å². The van der Waals surface area contributed by atoms with Crippen molar-refractivity contribution in [2.75, 3.05) is 24.7 Å².